The van der Waals surface area contributed by atoms with Gasteiger partial charge in [-0.15, -0.1) is 0 Å². The molecule has 1 aliphatic heterocycles. The Morgan fingerprint density at radius 1 is 1.24 bits per heavy atom. The van der Waals surface area contributed by atoms with E-state index >= 15 is 0 Å². The van der Waals surface area contributed by atoms with Crippen molar-refractivity contribution in [1.82, 2.24) is 14.9 Å². The van der Waals surface area contributed by atoms with Crippen LogP contribution in [0.4, 0.5) is 0 Å². The highest BCUT2D eigenvalue weighted by Crippen LogP contribution is 2.35. The van der Waals surface area contributed by atoms with Crippen LogP contribution in [0.15, 0.2) is 67.3 Å². The van der Waals surface area contributed by atoms with Crippen molar-refractivity contribution in [3.63, 3.8) is 0 Å². The summed E-state index contributed by atoms with van der Waals surface area (Å²) in [6, 6.07) is 15.5. The number of aromatic nitrogens is 2. The summed E-state index contributed by atoms with van der Waals surface area (Å²) in [6.07, 6.45) is 5.33. The van der Waals surface area contributed by atoms with E-state index in [2.05, 4.69) is 16.4 Å². The average Bonchev–Trinajstić information content (AvgIpc) is 3.31. The van der Waals surface area contributed by atoms with E-state index in [0.717, 1.165) is 17.0 Å². The summed E-state index contributed by atoms with van der Waals surface area (Å²) in [5.41, 5.74) is 2.77. The Morgan fingerprint density at radius 3 is 2.80 bits per heavy atom. The number of nitrogens with zero attached hydrogens (tertiary/aromatic N) is 2. The second-order valence-electron chi connectivity index (χ2n) is 6.23. The largest absolute Gasteiger partial charge is 0.493 e. The summed E-state index contributed by atoms with van der Waals surface area (Å²) in [5, 5.41) is 3.10. The molecule has 0 fully saturated rings. The van der Waals surface area contributed by atoms with Crippen LogP contribution in [-0.4, -0.2) is 28.1 Å². The fourth-order valence-electron chi connectivity index (χ4n) is 3.19. The molecular formula is C20H19N3O2. The van der Waals surface area contributed by atoms with E-state index in [1.165, 1.54) is 0 Å². The van der Waals surface area contributed by atoms with Crippen LogP contribution in [0.3, 0.4) is 0 Å². The Kier molecular flexibility index (Phi) is 3.98. The van der Waals surface area contributed by atoms with Crippen molar-refractivity contribution in [3.05, 3.63) is 78.4 Å². The van der Waals surface area contributed by atoms with Crippen molar-refractivity contribution in [2.75, 3.05) is 6.61 Å². The van der Waals surface area contributed by atoms with E-state index in [4.69, 9.17) is 4.74 Å². The number of ether oxygens (including phenoxy) is 1. The summed E-state index contributed by atoms with van der Waals surface area (Å²) in [6.45, 7) is 2.62. The smallest absolute Gasteiger partial charge is 0.251 e. The summed E-state index contributed by atoms with van der Waals surface area (Å²) < 4.78 is 7.62. The number of fused-ring (bicyclic) bond motifs is 1. The number of para-hydroxylation sites is 1. The van der Waals surface area contributed by atoms with Gasteiger partial charge >= 0.3 is 0 Å². The number of hydrogen-bond acceptors (Lipinski definition) is 3. The molecule has 1 aliphatic rings. The summed E-state index contributed by atoms with van der Waals surface area (Å²) in [7, 11) is 0. The van der Waals surface area contributed by atoms with E-state index in [9.17, 15) is 4.79 Å². The molecule has 0 saturated carbocycles. The number of nitrogens with one attached hydrogen (secondary N) is 1. The summed E-state index contributed by atoms with van der Waals surface area (Å²) >= 11 is 0. The number of benzene rings is 2. The second-order valence-corrected chi connectivity index (χ2v) is 6.23. The molecular weight excluding hydrogens is 314 g/mol. The Labute approximate surface area is 146 Å². The van der Waals surface area contributed by atoms with E-state index in [-0.39, 0.29) is 17.9 Å². The number of hydrogen-bond donors (Lipinski definition) is 1. The third kappa shape index (κ3) is 3.01. The van der Waals surface area contributed by atoms with Crippen LogP contribution < -0.4 is 10.1 Å². The predicted octanol–water partition coefficient (Wildman–Crippen LogP) is 3.17. The minimum atomic E-state index is -0.0749. The van der Waals surface area contributed by atoms with Crippen molar-refractivity contribution in [1.29, 1.82) is 0 Å². The lowest BCUT2D eigenvalue weighted by Crippen LogP contribution is -2.37. The van der Waals surface area contributed by atoms with Crippen LogP contribution >= 0.6 is 0 Å². The van der Waals surface area contributed by atoms with Gasteiger partial charge in [-0.05, 0) is 37.3 Å². The summed E-state index contributed by atoms with van der Waals surface area (Å²) in [4.78, 5) is 16.6. The van der Waals surface area contributed by atoms with Crippen molar-refractivity contribution in [2.45, 2.75) is 18.9 Å². The van der Waals surface area contributed by atoms with Crippen molar-refractivity contribution >= 4 is 5.91 Å². The molecule has 0 saturated heterocycles. The first-order valence-electron chi connectivity index (χ1n) is 8.33. The topological polar surface area (TPSA) is 56.2 Å². The molecule has 0 spiro atoms. The molecule has 0 aliphatic carbocycles. The van der Waals surface area contributed by atoms with Gasteiger partial charge in [0.25, 0.3) is 5.91 Å². The maximum absolute atomic E-state index is 12.6. The van der Waals surface area contributed by atoms with Gasteiger partial charge in [0.2, 0.25) is 0 Å². The van der Waals surface area contributed by atoms with E-state index in [1.807, 2.05) is 60.2 Å². The van der Waals surface area contributed by atoms with Gasteiger partial charge in [-0.1, -0.05) is 18.2 Å². The quantitative estimate of drug-likeness (QED) is 0.798. The van der Waals surface area contributed by atoms with E-state index in [1.54, 1.807) is 12.5 Å². The predicted molar refractivity (Wildman–Crippen MR) is 95.2 cm³/mol. The highest BCUT2D eigenvalue weighted by Gasteiger charge is 2.29. The second kappa shape index (κ2) is 6.43. The van der Waals surface area contributed by atoms with Crippen LogP contribution in [0.25, 0.3) is 5.69 Å². The van der Waals surface area contributed by atoms with Crippen LogP contribution in [0.1, 0.15) is 28.8 Å². The Hall–Kier alpha value is -3.08. The molecule has 2 aromatic carbocycles. The highest BCUT2D eigenvalue weighted by molar-refractivity contribution is 5.94. The molecule has 2 atom stereocenters. The van der Waals surface area contributed by atoms with Gasteiger partial charge in [0, 0.05) is 41.2 Å². The molecule has 4 rings (SSSR count). The zero-order valence-electron chi connectivity index (χ0n) is 13.9. The van der Waals surface area contributed by atoms with Gasteiger partial charge in [-0.2, -0.15) is 0 Å². The molecule has 5 heteroatoms. The van der Waals surface area contributed by atoms with Gasteiger partial charge in [-0.25, -0.2) is 4.98 Å². The van der Waals surface area contributed by atoms with Gasteiger partial charge in [-0.3, -0.25) is 4.79 Å². The van der Waals surface area contributed by atoms with Crippen LogP contribution in [0.5, 0.6) is 5.75 Å². The molecule has 0 radical (unpaired) electrons. The molecule has 1 amide bonds. The lowest BCUT2D eigenvalue weighted by Gasteiger charge is -2.20. The Morgan fingerprint density at radius 2 is 2.04 bits per heavy atom. The molecule has 126 valence electrons. The van der Waals surface area contributed by atoms with Crippen LogP contribution in [0.2, 0.25) is 0 Å². The maximum Gasteiger partial charge on any atom is 0.251 e. The standard InChI is InChI=1S/C20H19N3O2/c1-14(18-12-25-19-5-3-2-4-17(18)19)22-20(24)15-6-8-16(9-7-15)23-11-10-21-13-23/h2-11,13-14,18H,12H2,1H3,(H,22,24)/t14-,18+/m0/s1. The third-order valence-corrected chi connectivity index (χ3v) is 4.63. The van der Waals surface area contributed by atoms with Crippen molar-refractivity contribution < 1.29 is 9.53 Å². The fourth-order valence-corrected chi connectivity index (χ4v) is 3.19. The molecule has 0 bridgehead atoms. The zero-order chi connectivity index (χ0) is 17.2. The lowest BCUT2D eigenvalue weighted by molar-refractivity contribution is 0.0932. The number of carbonyl (C=O) groups is 1. The number of imidazole rings is 1. The monoisotopic (exact) mass is 333 g/mol. The first-order chi connectivity index (χ1) is 12.2. The number of rotatable bonds is 4. The molecule has 2 heterocycles. The molecule has 1 aromatic heterocycles. The van der Waals surface area contributed by atoms with E-state index < -0.39 is 0 Å². The molecule has 1 N–H and O–H groups in total. The fraction of sp³-hybridized carbons (Fsp3) is 0.200. The van der Waals surface area contributed by atoms with Gasteiger partial charge in [0.1, 0.15) is 5.75 Å². The normalized spacial score (nSPS) is 16.8. The number of carbonyl (C=O) groups excluding carboxylic acids is 1. The van der Waals surface area contributed by atoms with Crippen LogP contribution in [0, 0.1) is 0 Å². The minimum absolute atomic E-state index is 0.00975. The van der Waals surface area contributed by atoms with Gasteiger partial charge in [0.15, 0.2) is 0 Å². The highest BCUT2D eigenvalue weighted by atomic mass is 16.5. The SMILES string of the molecule is C[C@H](NC(=O)c1ccc(-n2ccnc2)cc1)[C@H]1COc2ccccc21. The molecule has 5 nitrogen and oxygen atoms in total. The first kappa shape index (κ1) is 15.4. The Bertz CT molecular complexity index is 872. The minimum Gasteiger partial charge on any atom is -0.493 e. The first-order valence-corrected chi connectivity index (χ1v) is 8.33. The number of amides is 1. The molecule has 25 heavy (non-hydrogen) atoms. The van der Waals surface area contributed by atoms with Crippen LogP contribution in [-0.2, 0) is 0 Å². The average molecular weight is 333 g/mol. The zero-order valence-corrected chi connectivity index (χ0v) is 13.9. The lowest BCUT2D eigenvalue weighted by atomic mass is 9.94. The third-order valence-electron chi connectivity index (χ3n) is 4.63. The van der Waals surface area contributed by atoms with Gasteiger partial charge < -0.3 is 14.6 Å². The maximum atomic E-state index is 12.6. The Balaban J connectivity index is 1.45. The van der Waals surface area contributed by atoms with E-state index in [0.29, 0.717) is 12.2 Å². The van der Waals surface area contributed by atoms with Gasteiger partial charge in [0.05, 0.1) is 12.9 Å². The van der Waals surface area contributed by atoms with Crippen molar-refractivity contribution in [3.8, 4) is 11.4 Å². The summed E-state index contributed by atoms with van der Waals surface area (Å²) in [5.74, 6) is 1.01. The van der Waals surface area contributed by atoms with Crippen molar-refractivity contribution in [2.24, 2.45) is 0 Å². The molecule has 0 unspecified atom stereocenters. The molecule has 3 aromatic rings.